The van der Waals surface area contributed by atoms with E-state index in [2.05, 4.69) is 11.1 Å². The first-order chi connectivity index (χ1) is 9.65. The number of pyridine rings is 1. The van der Waals surface area contributed by atoms with Crippen LogP contribution in [0.4, 0.5) is 10.2 Å². The van der Waals surface area contributed by atoms with Crippen molar-refractivity contribution in [2.75, 3.05) is 12.3 Å². The first kappa shape index (κ1) is 12.6. The average Bonchev–Trinajstić information content (AvgIpc) is 2.48. The van der Waals surface area contributed by atoms with Crippen molar-refractivity contribution >= 4 is 11.7 Å². The summed E-state index contributed by atoms with van der Waals surface area (Å²) < 4.78 is 13.2. The minimum atomic E-state index is -0.556. The molecule has 102 valence electrons. The molecule has 4 nitrogen and oxygen atoms in total. The van der Waals surface area contributed by atoms with Gasteiger partial charge in [-0.3, -0.25) is 4.79 Å². The van der Waals surface area contributed by atoms with E-state index in [1.54, 1.807) is 4.90 Å². The fraction of sp³-hybridized carbons (Fsp3) is 0.200. The second-order valence-corrected chi connectivity index (χ2v) is 4.83. The van der Waals surface area contributed by atoms with Gasteiger partial charge in [-0.2, -0.15) is 0 Å². The Morgan fingerprint density at radius 1 is 1.30 bits per heavy atom. The molecule has 2 N–H and O–H groups in total. The molecule has 1 aromatic heterocycles. The summed E-state index contributed by atoms with van der Waals surface area (Å²) in [7, 11) is 0. The fourth-order valence-corrected chi connectivity index (χ4v) is 2.46. The Labute approximate surface area is 116 Å². The van der Waals surface area contributed by atoms with Crippen LogP contribution in [0.2, 0.25) is 0 Å². The predicted octanol–water partition coefficient (Wildman–Crippen LogP) is 2.00. The van der Waals surface area contributed by atoms with Gasteiger partial charge in [0.15, 0.2) is 0 Å². The third kappa shape index (κ3) is 2.22. The van der Waals surface area contributed by atoms with Gasteiger partial charge in [-0.1, -0.05) is 24.3 Å². The van der Waals surface area contributed by atoms with Crippen molar-refractivity contribution in [3.8, 4) is 0 Å². The summed E-state index contributed by atoms with van der Waals surface area (Å²) >= 11 is 0. The van der Waals surface area contributed by atoms with Crippen LogP contribution in [0.15, 0.2) is 36.5 Å². The molecule has 0 aliphatic carbocycles. The highest BCUT2D eigenvalue weighted by atomic mass is 19.1. The van der Waals surface area contributed by atoms with E-state index < -0.39 is 5.82 Å². The van der Waals surface area contributed by atoms with Gasteiger partial charge in [0, 0.05) is 13.1 Å². The van der Waals surface area contributed by atoms with Crippen LogP contribution in [-0.4, -0.2) is 22.3 Å². The number of amides is 1. The topological polar surface area (TPSA) is 59.2 Å². The second kappa shape index (κ2) is 4.92. The van der Waals surface area contributed by atoms with Crippen molar-refractivity contribution in [1.29, 1.82) is 0 Å². The molecule has 0 unspecified atom stereocenters. The number of benzene rings is 1. The number of hydrogen-bond acceptors (Lipinski definition) is 3. The molecular formula is C15H14FN3O. The average molecular weight is 271 g/mol. The lowest BCUT2D eigenvalue weighted by Gasteiger charge is -2.29. The van der Waals surface area contributed by atoms with E-state index in [4.69, 9.17) is 5.73 Å². The molecule has 1 aliphatic rings. The van der Waals surface area contributed by atoms with Crippen molar-refractivity contribution in [3.05, 3.63) is 59.0 Å². The smallest absolute Gasteiger partial charge is 0.258 e. The highest BCUT2D eigenvalue weighted by Gasteiger charge is 2.23. The normalized spacial score (nSPS) is 13.9. The Morgan fingerprint density at radius 3 is 2.85 bits per heavy atom. The van der Waals surface area contributed by atoms with Crippen LogP contribution in [0.5, 0.6) is 0 Å². The number of nitrogens with two attached hydrogens (primary N) is 1. The number of nitrogens with zero attached hydrogens (tertiary/aromatic N) is 2. The third-order valence-electron chi connectivity index (χ3n) is 3.53. The monoisotopic (exact) mass is 271 g/mol. The Balaban J connectivity index is 1.88. The van der Waals surface area contributed by atoms with Crippen molar-refractivity contribution < 1.29 is 9.18 Å². The van der Waals surface area contributed by atoms with Crippen molar-refractivity contribution in [3.63, 3.8) is 0 Å². The number of aromatic nitrogens is 1. The van der Waals surface area contributed by atoms with Crippen LogP contribution in [0.3, 0.4) is 0 Å². The second-order valence-electron chi connectivity index (χ2n) is 4.83. The minimum absolute atomic E-state index is 0.0651. The first-order valence-electron chi connectivity index (χ1n) is 6.42. The molecule has 0 atom stereocenters. The summed E-state index contributed by atoms with van der Waals surface area (Å²) in [5.41, 5.74) is 8.17. The molecular weight excluding hydrogens is 257 g/mol. The maximum atomic E-state index is 13.2. The maximum absolute atomic E-state index is 13.2. The molecule has 0 fully saturated rings. The summed E-state index contributed by atoms with van der Waals surface area (Å²) in [6.45, 7) is 1.12. The van der Waals surface area contributed by atoms with Gasteiger partial charge >= 0.3 is 0 Å². The van der Waals surface area contributed by atoms with Crippen LogP contribution in [0.1, 0.15) is 21.5 Å². The van der Waals surface area contributed by atoms with E-state index in [9.17, 15) is 9.18 Å². The van der Waals surface area contributed by atoms with Crippen molar-refractivity contribution in [2.45, 2.75) is 13.0 Å². The van der Waals surface area contributed by atoms with E-state index in [-0.39, 0.29) is 17.3 Å². The zero-order chi connectivity index (χ0) is 14.1. The van der Waals surface area contributed by atoms with Gasteiger partial charge in [0.25, 0.3) is 5.91 Å². The number of halogens is 1. The highest BCUT2D eigenvalue weighted by Crippen LogP contribution is 2.21. The molecule has 0 bridgehead atoms. The van der Waals surface area contributed by atoms with Gasteiger partial charge < -0.3 is 10.6 Å². The number of carbonyl (C=O) groups excluding carboxylic acids is 1. The minimum Gasteiger partial charge on any atom is -0.383 e. The van der Waals surface area contributed by atoms with E-state index in [0.717, 1.165) is 24.2 Å². The van der Waals surface area contributed by atoms with Crippen LogP contribution in [0, 0.1) is 5.82 Å². The van der Waals surface area contributed by atoms with Crippen molar-refractivity contribution in [1.82, 2.24) is 9.88 Å². The largest absolute Gasteiger partial charge is 0.383 e. The van der Waals surface area contributed by atoms with E-state index in [0.29, 0.717) is 13.1 Å². The van der Waals surface area contributed by atoms with E-state index >= 15 is 0 Å². The molecule has 2 heterocycles. The molecule has 0 saturated heterocycles. The first-order valence-corrected chi connectivity index (χ1v) is 6.42. The Hall–Kier alpha value is -2.43. The predicted molar refractivity (Wildman–Crippen MR) is 73.5 cm³/mol. The molecule has 1 aromatic carbocycles. The van der Waals surface area contributed by atoms with Gasteiger partial charge in [0.05, 0.1) is 11.8 Å². The number of anilines is 1. The Kier molecular flexibility index (Phi) is 3.10. The number of fused-ring (bicyclic) bond motifs is 1. The van der Waals surface area contributed by atoms with Crippen LogP contribution in [-0.2, 0) is 13.0 Å². The summed E-state index contributed by atoms with van der Waals surface area (Å²) in [5, 5.41) is 0. The maximum Gasteiger partial charge on any atom is 0.258 e. The third-order valence-corrected chi connectivity index (χ3v) is 3.53. The van der Waals surface area contributed by atoms with Gasteiger partial charge in [0.1, 0.15) is 11.6 Å². The lowest BCUT2D eigenvalue weighted by atomic mass is 9.99. The highest BCUT2D eigenvalue weighted by molar-refractivity contribution is 5.98. The zero-order valence-electron chi connectivity index (χ0n) is 10.8. The van der Waals surface area contributed by atoms with E-state index in [1.807, 2.05) is 18.2 Å². The Bertz CT molecular complexity index is 672. The van der Waals surface area contributed by atoms with Gasteiger partial charge in [-0.05, 0) is 23.6 Å². The molecule has 0 radical (unpaired) electrons. The SMILES string of the molecule is Nc1ncc(F)cc1C(=O)N1CCc2ccccc2C1. The lowest BCUT2D eigenvalue weighted by Crippen LogP contribution is -2.36. The molecule has 5 heteroatoms. The fourth-order valence-electron chi connectivity index (χ4n) is 2.46. The van der Waals surface area contributed by atoms with Crippen LogP contribution < -0.4 is 5.73 Å². The summed E-state index contributed by atoms with van der Waals surface area (Å²) in [6, 6.07) is 9.15. The van der Waals surface area contributed by atoms with Gasteiger partial charge in [0.2, 0.25) is 0 Å². The number of hydrogen-bond donors (Lipinski definition) is 1. The van der Waals surface area contributed by atoms with Gasteiger partial charge in [-0.15, -0.1) is 0 Å². The molecule has 3 rings (SSSR count). The number of carbonyl (C=O) groups is 1. The number of rotatable bonds is 1. The standard InChI is InChI=1S/C15H14FN3O/c16-12-7-13(14(17)18-8-12)15(20)19-6-5-10-3-1-2-4-11(10)9-19/h1-4,7-8H,5-6,9H2,(H2,17,18). The Morgan fingerprint density at radius 2 is 2.05 bits per heavy atom. The summed E-state index contributed by atoms with van der Waals surface area (Å²) in [4.78, 5) is 17.8. The summed E-state index contributed by atoms with van der Waals surface area (Å²) in [6.07, 6.45) is 1.81. The van der Waals surface area contributed by atoms with Crippen LogP contribution >= 0.6 is 0 Å². The lowest BCUT2D eigenvalue weighted by molar-refractivity contribution is 0.0735. The summed E-state index contributed by atoms with van der Waals surface area (Å²) in [5.74, 6) is -0.765. The molecule has 1 amide bonds. The van der Waals surface area contributed by atoms with Gasteiger partial charge in [-0.25, -0.2) is 9.37 Å². The quantitative estimate of drug-likeness (QED) is 0.863. The molecule has 1 aliphatic heterocycles. The molecule has 2 aromatic rings. The molecule has 20 heavy (non-hydrogen) atoms. The molecule has 0 spiro atoms. The van der Waals surface area contributed by atoms with Crippen LogP contribution in [0.25, 0.3) is 0 Å². The molecule has 0 saturated carbocycles. The van der Waals surface area contributed by atoms with E-state index in [1.165, 1.54) is 5.56 Å². The van der Waals surface area contributed by atoms with Crippen molar-refractivity contribution in [2.24, 2.45) is 0 Å². The number of nitrogen functional groups attached to an aromatic ring is 1. The zero-order valence-corrected chi connectivity index (χ0v) is 10.8.